The number of carbonyl (C=O) groups excluding carboxylic acids is 1. The molecule has 0 aromatic rings. The molecule has 0 rings (SSSR count). The van der Waals surface area contributed by atoms with Crippen molar-refractivity contribution in [1.82, 2.24) is 5.32 Å². The van der Waals surface area contributed by atoms with Crippen molar-refractivity contribution >= 4 is 11.9 Å². The van der Waals surface area contributed by atoms with Gasteiger partial charge in [-0.2, -0.15) is 0 Å². The Morgan fingerprint density at radius 1 is 1.31 bits per heavy atom. The first-order valence-corrected chi connectivity index (χ1v) is 5.44. The van der Waals surface area contributed by atoms with Crippen LogP contribution in [0.2, 0.25) is 0 Å². The van der Waals surface area contributed by atoms with Crippen LogP contribution in [0.3, 0.4) is 0 Å². The van der Waals surface area contributed by atoms with Gasteiger partial charge in [-0.15, -0.1) is 0 Å². The van der Waals surface area contributed by atoms with E-state index in [1.54, 1.807) is 13.8 Å². The molecule has 0 aromatic heterocycles. The third kappa shape index (κ3) is 4.61. The molecule has 0 aliphatic heterocycles. The second kappa shape index (κ2) is 5.84. The Balaban J connectivity index is 4.22. The molecule has 0 heterocycles. The van der Waals surface area contributed by atoms with E-state index < -0.39 is 23.4 Å². The molecule has 0 saturated heterocycles. The number of carboxylic acid groups (broad SMARTS) is 1. The summed E-state index contributed by atoms with van der Waals surface area (Å²) in [5.74, 6) is -2.68. The van der Waals surface area contributed by atoms with Crippen molar-refractivity contribution in [3.63, 3.8) is 0 Å². The Morgan fingerprint density at radius 3 is 2.19 bits per heavy atom. The third-order valence-corrected chi connectivity index (χ3v) is 2.96. The van der Waals surface area contributed by atoms with E-state index in [2.05, 4.69) is 5.32 Å². The maximum absolute atomic E-state index is 11.6. The van der Waals surface area contributed by atoms with Crippen LogP contribution < -0.4 is 5.32 Å². The van der Waals surface area contributed by atoms with Gasteiger partial charge in [0.05, 0.1) is 11.5 Å². The first-order chi connectivity index (χ1) is 7.21. The minimum atomic E-state index is -0.995. The van der Waals surface area contributed by atoms with Crippen LogP contribution in [0.5, 0.6) is 0 Å². The predicted molar refractivity (Wildman–Crippen MR) is 59.9 cm³/mol. The number of carbonyl (C=O) groups is 2. The number of carboxylic acids is 1. The van der Waals surface area contributed by atoms with Gasteiger partial charge in [-0.25, -0.2) is 0 Å². The molecule has 0 fully saturated rings. The zero-order chi connectivity index (χ0) is 12.9. The molecular formula is C11H21NO4. The van der Waals surface area contributed by atoms with Crippen molar-refractivity contribution < 1.29 is 19.8 Å². The van der Waals surface area contributed by atoms with Crippen molar-refractivity contribution in [3.8, 4) is 0 Å². The fourth-order valence-corrected chi connectivity index (χ4v) is 1.00. The molecule has 94 valence electrons. The average Bonchev–Trinajstić information content (AvgIpc) is 2.23. The monoisotopic (exact) mass is 231 g/mol. The molecular weight excluding hydrogens is 210 g/mol. The normalized spacial score (nSPS) is 18.3. The first kappa shape index (κ1) is 14.9. The smallest absolute Gasteiger partial charge is 0.307 e. The highest BCUT2D eigenvalue weighted by Crippen LogP contribution is 2.12. The maximum atomic E-state index is 11.6. The highest BCUT2D eigenvalue weighted by Gasteiger charge is 2.27. The number of amides is 1. The minimum Gasteiger partial charge on any atom is -0.481 e. The zero-order valence-electron chi connectivity index (χ0n) is 10.3. The molecule has 0 radical (unpaired) electrons. The highest BCUT2D eigenvalue weighted by atomic mass is 16.4. The Labute approximate surface area is 95.9 Å². The van der Waals surface area contributed by atoms with Crippen LogP contribution in [0.25, 0.3) is 0 Å². The van der Waals surface area contributed by atoms with E-state index in [0.717, 1.165) is 0 Å². The lowest BCUT2D eigenvalue weighted by Gasteiger charge is -2.23. The molecule has 5 heteroatoms. The van der Waals surface area contributed by atoms with Crippen molar-refractivity contribution in [3.05, 3.63) is 0 Å². The summed E-state index contributed by atoms with van der Waals surface area (Å²) >= 11 is 0. The standard InChI is InChI=1S/C11H21NO4/c1-5-11(4,16)6-12-9(13)7(2)8(3)10(14)15/h7-8,16H,5-6H2,1-4H3,(H,12,13)(H,14,15). The summed E-state index contributed by atoms with van der Waals surface area (Å²) in [7, 11) is 0. The van der Waals surface area contributed by atoms with Gasteiger partial charge in [-0.1, -0.05) is 20.8 Å². The molecule has 3 unspecified atom stereocenters. The number of aliphatic hydroxyl groups is 1. The molecule has 0 aliphatic carbocycles. The van der Waals surface area contributed by atoms with Crippen molar-refractivity contribution in [2.75, 3.05) is 6.54 Å². The quantitative estimate of drug-likeness (QED) is 0.625. The van der Waals surface area contributed by atoms with Gasteiger partial charge in [-0.05, 0) is 13.3 Å². The summed E-state index contributed by atoms with van der Waals surface area (Å²) in [4.78, 5) is 22.2. The van der Waals surface area contributed by atoms with Gasteiger partial charge in [0.2, 0.25) is 5.91 Å². The van der Waals surface area contributed by atoms with Crippen LogP contribution >= 0.6 is 0 Å². The van der Waals surface area contributed by atoms with Crippen molar-refractivity contribution in [1.29, 1.82) is 0 Å². The van der Waals surface area contributed by atoms with E-state index in [9.17, 15) is 14.7 Å². The topological polar surface area (TPSA) is 86.6 Å². The van der Waals surface area contributed by atoms with Crippen LogP contribution in [0, 0.1) is 11.8 Å². The lowest BCUT2D eigenvalue weighted by Crippen LogP contribution is -2.43. The maximum Gasteiger partial charge on any atom is 0.307 e. The van der Waals surface area contributed by atoms with Crippen molar-refractivity contribution in [2.24, 2.45) is 11.8 Å². The number of nitrogens with one attached hydrogen (secondary N) is 1. The Bertz CT molecular complexity index is 263. The van der Waals surface area contributed by atoms with E-state index in [-0.39, 0.29) is 12.5 Å². The molecule has 0 bridgehead atoms. The molecule has 16 heavy (non-hydrogen) atoms. The van der Waals surface area contributed by atoms with Gasteiger partial charge >= 0.3 is 5.97 Å². The van der Waals surface area contributed by atoms with Gasteiger partial charge < -0.3 is 15.5 Å². The molecule has 5 nitrogen and oxygen atoms in total. The molecule has 3 N–H and O–H groups in total. The Kier molecular flexibility index (Phi) is 5.44. The summed E-state index contributed by atoms with van der Waals surface area (Å²) in [5, 5.41) is 21.0. The summed E-state index contributed by atoms with van der Waals surface area (Å²) in [6.45, 7) is 6.63. The lowest BCUT2D eigenvalue weighted by molar-refractivity contribution is -0.146. The number of hydrogen-bond acceptors (Lipinski definition) is 3. The van der Waals surface area contributed by atoms with E-state index in [1.165, 1.54) is 6.92 Å². The van der Waals surface area contributed by atoms with E-state index in [0.29, 0.717) is 6.42 Å². The SMILES string of the molecule is CCC(C)(O)CNC(=O)C(C)C(C)C(=O)O. The van der Waals surface area contributed by atoms with Crippen molar-refractivity contribution in [2.45, 2.75) is 39.7 Å². The van der Waals surface area contributed by atoms with Gasteiger partial charge in [0.25, 0.3) is 0 Å². The lowest BCUT2D eigenvalue weighted by atomic mass is 9.95. The predicted octanol–water partition coefficient (Wildman–Crippen LogP) is 0.620. The number of hydrogen-bond donors (Lipinski definition) is 3. The first-order valence-electron chi connectivity index (χ1n) is 5.44. The van der Waals surface area contributed by atoms with E-state index in [1.807, 2.05) is 6.92 Å². The van der Waals surface area contributed by atoms with E-state index >= 15 is 0 Å². The molecule has 0 spiro atoms. The molecule has 0 aromatic carbocycles. The summed E-state index contributed by atoms with van der Waals surface area (Å²) in [6, 6.07) is 0. The average molecular weight is 231 g/mol. The Morgan fingerprint density at radius 2 is 1.81 bits per heavy atom. The molecule has 0 saturated carbocycles. The highest BCUT2D eigenvalue weighted by molar-refractivity contribution is 5.84. The van der Waals surface area contributed by atoms with Crippen LogP contribution in [0.15, 0.2) is 0 Å². The summed E-state index contributed by atoms with van der Waals surface area (Å²) in [5.41, 5.74) is -0.943. The largest absolute Gasteiger partial charge is 0.481 e. The molecule has 0 aliphatic rings. The molecule has 1 amide bonds. The van der Waals surface area contributed by atoms with Gasteiger partial charge in [0, 0.05) is 12.5 Å². The molecule has 3 atom stereocenters. The van der Waals surface area contributed by atoms with Crippen LogP contribution in [0.1, 0.15) is 34.1 Å². The minimum absolute atomic E-state index is 0.138. The van der Waals surface area contributed by atoms with Gasteiger partial charge in [0.15, 0.2) is 0 Å². The number of rotatable bonds is 6. The fourth-order valence-electron chi connectivity index (χ4n) is 1.00. The second-order valence-electron chi connectivity index (χ2n) is 4.48. The second-order valence-corrected chi connectivity index (χ2v) is 4.48. The third-order valence-electron chi connectivity index (χ3n) is 2.96. The Hall–Kier alpha value is -1.10. The van der Waals surface area contributed by atoms with Crippen LogP contribution in [0.4, 0.5) is 0 Å². The van der Waals surface area contributed by atoms with Crippen LogP contribution in [-0.4, -0.2) is 34.2 Å². The summed E-state index contributed by atoms with van der Waals surface area (Å²) in [6.07, 6.45) is 0.524. The van der Waals surface area contributed by atoms with E-state index in [4.69, 9.17) is 5.11 Å². The number of aliphatic carboxylic acids is 1. The summed E-state index contributed by atoms with van der Waals surface area (Å²) < 4.78 is 0. The zero-order valence-corrected chi connectivity index (χ0v) is 10.3. The van der Waals surface area contributed by atoms with Gasteiger partial charge in [0.1, 0.15) is 0 Å². The van der Waals surface area contributed by atoms with Crippen LogP contribution in [-0.2, 0) is 9.59 Å². The fraction of sp³-hybridized carbons (Fsp3) is 0.818. The van der Waals surface area contributed by atoms with Gasteiger partial charge in [-0.3, -0.25) is 9.59 Å².